The molecule has 0 fully saturated rings. The average Bonchev–Trinajstić information content (AvgIpc) is 3.10. The van der Waals surface area contributed by atoms with Crippen molar-refractivity contribution in [2.75, 3.05) is 19.8 Å². The van der Waals surface area contributed by atoms with E-state index in [0.717, 1.165) is 116 Å². The van der Waals surface area contributed by atoms with Crippen LogP contribution >= 0.6 is 0 Å². The standard InChI is InChI=1S/C42H78O7/c1-4-7-9-23-29-38(44)31-25-19-15-11-13-17-21-27-33-40(46)48-36-42(6-3,35-43)37-49-41(47)34-28-22-18-14-12-16-20-26-32-39(45)30-24-10-8-5-2/h19-20,25-26,38-39,43-45H,4-18,21-24,27-37H2,1-3H3/b25-19+,26-20+/t38-,39-/m1/s1. The summed E-state index contributed by atoms with van der Waals surface area (Å²) in [7, 11) is 0. The van der Waals surface area contributed by atoms with Crippen molar-refractivity contribution in [1.82, 2.24) is 0 Å². The lowest BCUT2D eigenvalue weighted by Gasteiger charge is -2.29. The van der Waals surface area contributed by atoms with Gasteiger partial charge in [0.2, 0.25) is 0 Å². The van der Waals surface area contributed by atoms with Gasteiger partial charge in [-0.05, 0) is 70.6 Å². The smallest absolute Gasteiger partial charge is 0.305 e. The van der Waals surface area contributed by atoms with E-state index in [0.29, 0.717) is 19.3 Å². The van der Waals surface area contributed by atoms with Crippen LogP contribution in [0.25, 0.3) is 0 Å². The van der Waals surface area contributed by atoms with Crippen LogP contribution in [0.2, 0.25) is 0 Å². The molecule has 0 amide bonds. The maximum atomic E-state index is 12.3. The Kier molecular flexibility index (Phi) is 33.5. The van der Waals surface area contributed by atoms with E-state index >= 15 is 0 Å². The van der Waals surface area contributed by atoms with Gasteiger partial charge in [-0.1, -0.05) is 135 Å². The van der Waals surface area contributed by atoms with E-state index in [9.17, 15) is 24.9 Å². The van der Waals surface area contributed by atoms with Crippen LogP contribution in [0.3, 0.4) is 0 Å². The van der Waals surface area contributed by atoms with Crippen molar-refractivity contribution in [3.63, 3.8) is 0 Å². The summed E-state index contributed by atoms with van der Waals surface area (Å²) in [5.41, 5.74) is -0.761. The van der Waals surface area contributed by atoms with Gasteiger partial charge in [-0.2, -0.15) is 0 Å². The van der Waals surface area contributed by atoms with Crippen LogP contribution in [-0.2, 0) is 19.1 Å². The quantitative estimate of drug-likeness (QED) is 0.0340. The van der Waals surface area contributed by atoms with E-state index in [4.69, 9.17) is 9.47 Å². The molecule has 0 aromatic rings. The molecule has 7 heteroatoms. The molecule has 0 heterocycles. The number of aliphatic hydroxyl groups is 3. The van der Waals surface area contributed by atoms with Crippen LogP contribution in [-0.4, -0.2) is 59.3 Å². The lowest BCUT2D eigenvalue weighted by molar-refractivity contribution is -0.156. The summed E-state index contributed by atoms with van der Waals surface area (Å²) in [5.74, 6) is -0.528. The second-order valence-electron chi connectivity index (χ2n) is 14.4. The van der Waals surface area contributed by atoms with Gasteiger partial charge < -0.3 is 24.8 Å². The van der Waals surface area contributed by atoms with Gasteiger partial charge in [0.25, 0.3) is 0 Å². The highest BCUT2D eigenvalue weighted by Gasteiger charge is 2.31. The van der Waals surface area contributed by atoms with Crippen molar-refractivity contribution < 1.29 is 34.4 Å². The number of unbranched alkanes of at least 4 members (excludes halogenated alkanes) is 16. The number of hydrogen-bond acceptors (Lipinski definition) is 7. The summed E-state index contributed by atoms with van der Waals surface area (Å²) in [6.07, 6.45) is 34.5. The molecule has 49 heavy (non-hydrogen) atoms. The molecule has 288 valence electrons. The Morgan fingerprint density at radius 1 is 0.551 bits per heavy atom. The van der Waals surface area contributed by atoms with Crippen LogP contribution in [0.5, 0.6) is 0 Å². The van der Waals surface area contributed by atoms with E-state index in [1.165, 1.54) is 38.5 Å². The molecule has 0 aromatic carbocycles. The highest BCUT2D eigenvalue weighted by atomic mass is 16.5. The molecule has 0 saturated heterocycles. The van der Waals surface area contributed by atoms with Crippen molar-refractivity contribution in [3.05, 3.63) is 24.3 Å². The fourth-order valence-corrected chi connectivity index (χ4v) is 5.78. The molecule has 0 aliphatic rings. The summed E-state index contributed by atoms with van der Waals surface area (Å²) in [6.45, 7) is 6.21. The first-order valence-electron chi connectivity index (χ1n) is 20.4. The minimum absolute atomic E-state index is 0.0538. The molecule has 3 N–H and O–H groups in total. The molecule has 0 radical (unpaired) electrons. The molecule has 0 unspecified atom stereocenters. The number of rotatable bonds is 36. The molecule has 0 aromatic heterocycles. The molecule has 0 rings (SSSR count). The Labute approximate surface area is 301 Å². The number of aliphatic hydroxyl groups excluding tert-OH is 3. The largest absolute Gasteiger partial charge is 0.465 e. The number of allylic oxidation sites excluding steroid dienone is 2. The minimum Gasteiger partial charge on any atom is -0.465 e. The summed E-state index contributed by atoms with van der Waals surface area (Å²) < 4.78 is 11.0. The summed E-state index contributed by atoms with van der Waals surface area (Å²) in [5, 5.41) is 30.1. The van der Waals surface area contributed by atoms with Gasteiger partial charge >= 0.3 is 11.9 Å². The van der Waals surface area contributed by atoms with E-state index < -0.39 is 5.41 Å². The maximum Gasteiger partial charge on any atom is 0.305 e. The van der Waals surface area contributed by atoms with Gasteiger partial charge in [0, 0.05) is 12.8 Å². The number of carbonyl (C=O) groups excluding carboxylic acids is 2. The molecule has 0 bridgehead atoms. The minimum atomic E-state index is -0.761. The highest BCUT2D eigenvalue weighted by Crippen LogP contribution is 2.24. The number of carbonyl (C=O) groups is 2. The molecular formula is C42H78O7. The van der Waals surface area contributed by atoms with E-state index in [2.05, 4.69) is 38.2 Å². The normalized spacial score (nSPS) is 13.3. The molecule has 0 aliphatic heterocycles. The molecule has 0 saturated carbocycles. The monoisotopic (exact) mass is 695 g/mol. The number of ether oxygens (including phenoxy) is 2. The van der Waals surface area contributed by atoms with E-state index in [-0.39, 0.29) is 44.0 Å². The highest BCUT2D eigenvalue weighted by molar-refractivity contribution is 5.69. The fraction of sp³-hybridized carbons (Fsp3) is 0.857. The second-order valence-corrected chi connectivity index (χ2v) is 14.4. The molecule has 7 nitrogen and oxygen atoms in total. The van der Waals surface area contributed by atoms with E-state index in [1.54, 1.807) is 0 Å². The lowest BCUT2D eigenvalue weighted by atomic mass is 9.88. The lowest BCUT2D eigenvalue weighted by Crippen LogP contribution is -2.37. The third kappa shape index (κ3) is 30.8. The Balaban J connectivity index is 3.89. The summed E-state index contributed by atoms with van der Waals surface area (Å²) >= 11 is 0. The average molecular weight is 695 g/mol. The van der Waals surface area contributed by atoms with Crippen LogP contribution in [0, 0.1) is 5.41 Å². The Hall–Kier alpha value is -1.70. The molecular weight excluding hydrogens is 616 g/mol. The van der Waals surface area contributed by atoms with Crippen molar-refractivity contribution in [3.8, 4) is 0 Å². The van der Waals surface area contributed by atoms with Gasteiger partial charge in [0.1, 0.15) is 13.2 Å². The third-order valence-corrected chi connectivity index (χ3v) is 9.60. The van der Waals surface area contributed by atoms with Crippen LogP contribution in [0.4, 0.5) is 0 Å². The van der Waals surface area contributed by atoms with Gasteiger partial charge in [0.15, 0.2) is 0 Å². The van der Waals surface area contributed by atoms with Crippen LogP contribution in [0.15, 0.2) is 24.3 Å². The number of esters is 2. The molecule has 0 spiro atoms. The first kappa shape index (κ1) is 47.3. The first-order valence-corrected chi connectivity index (χ1v) is 20.4. The zero-order valence-electron chi connectivity index (χ0n) is 32.2. The van der Waals surface area contributed by atoms with Crippen LogP contribution in [0.1, 0.15) is 194 Å². The topological polar surface area (TPSA) is 113 Å². The van der Waals surface area contributed by atoms with Crippen molar-refractivity contribution in [1.29, 1.82) is 0 Å². The molecule has 0 aliphatic carbocycles. The predicted octanol–water partition coefficient (Wildman–Crippen LogP) is 10.5. The fourth-order valence-electron chi connectivity index (χ4n) is 5.78. The maximum absolute atomic E-state index is 12.3. The SMILES string of the molecule is CCCCCC[C@@H](O)C/C=C/CCCCCCCC(=O)OCC(CC)(CO)COC(=O)CCCCCCC/C=C/C[C@H](O)CCCCCC. The molecule has 2 atom stereocenters. The van der Waals surface area contributed by atoms with Gasteiger partial charge in [-0.15, -0.1) is 0 Å². The summed E-state index contributed by atoms with van der Waals surface area (Å²) in [6, 6.07) is 0. The van der Waals surface area contributed by atoms with Crippen molar-refractivity contribution in [2.45, 2.75) is 206 Å². The Morgan fingerprint density at radius 3 is 1.33 bits per heavy atom. The number of hydrogen-bond donors (Lipinski definition) is 3. The van der Waals surface area contributed by atoms with Gasteiger partial charge in [-0.3, -0.25) is 9.59 Å². The summed E-state index contributed by atoms with van der Waals surface area (Å²) in [4.78, 5) is 24.7. The van der Waals surface area contributed by atoms with E-state index in [1.807, 2.05) is 6.92 Å². The Morgan fingerprint density at radius 2 is 0.939 bits per heavy atom. The van der Waals surface area contributed by atoms with Crippen molar-refractivity contribution in [2.24, 2.45) is 5.41 Å². The first-order chi connectivity index (χ1) is 23.8. The van der Waals surface area contributed by atoms with Gasteiger partial charge in [-0.25, -0.2) is 0 Å². The second kappa shape index (κ2) is 34.7. The predicted molar refractivity (Wildman–Crippen MR) is 203 cm³/mol. The van der Waals surface area contributed by atoms with Gasteiger partial charge in [0.05, 0.1) is 24.2 Å². The van der Waals surface area contributed by atoms with Crippen molar-refractivity contribution >= 4 is 11.9 Å². The van der Waals surface area contributed by atoms with Crippen LogP contribution < -0.4 is 0 Å². The zero-order valence-corrected chi connectivity index (χ0v) is 32.2. The Bertz CT molecular complexity index is 743. The third-order valence-electron chi connectivity index (χ3n) is 9.60. The zero-order chi connectivity index (χ0) is 36.3.